The second kappa shape index (κ2) is 40.4. The predicted octanol–water partition coefficient (Wildman–Crippen LogP) is 13.3. The van der Waals surface area contributed by atoms with E-state index in [-0.39, 0.29) is 19.4 Å². The van der Waals surface area contributed by atoms with Crippen molar-refractivity contribution in [1.82, 2.24) is 0 Å². The Morgan fingerprint density at radius 1 is 0.500 bits per heavy atom. The molecule has 0 aliphatic carbocycles. The molecule has 9 heteroatoms. The van der Waals surface area contributed by atoms with E-state index in [4.69, 9.17) is 19.3 Å². The van der Waals surface area contributed by atoms with Crippen LogP contribution in [-0.4, -0.2) is 41.0 Å². The lowest BCUT2D eigenvalue weighted by molar-refractivity contribution is -0.161. The van der Waals surface area contributed by atoms with Crippen molar-refractivity contribution in [2.75, 3.05) is 13.2 Å². The normalized spacial score (nSPS) is 13.0. The maximum absolute atomic E-state index is 12.4. The molecule has 1 unspecified atom stereocenters. The molecule has 1 atom stereocenters. The summed E-state index contributed by atoms with van der Waals surface area (Å²) in [6, 6.07) is 0. The van der Waals surface area contributed by atoms with Crippen molar-refractivity contribution in [3.05, 3.63) is 60.8 Å². The van der Waals surface area contributed by atoms with Gasteiger partial charge in [0.25, 0.3) is 0 Å². The lowest BCUT2D eigenvalue weighted by Crippen LogP contribution is -2.29. The lowest BCUT2D eigenvalue weighted by atomic mass is 10.1. The zero-order valence-corrected chi connectivity index (χ0v) is 35.2. The van der Waals surface area contributed by atoms with Gasteiger partial charge >= 0.3 is 19.8 Å². The van der Waals surface area contributed by atoms with E-state index in [1.807, 2.05) is 0 Å². The average Bonchev–Trinajstić information content (AvgIpc) is 3.14. The maximum atomic E-state index is 12.4. The first-order valence-corrected chi connectivity index (χ1v) is 23.1. The van der Waals surface area contributed by atoms with E-state index < -0.39 is 32.5 Å². The number of esters is 2. The topological polar surface area (TPSA) is 119 Å². The van der Waals surface area contributed by atoms with Gasteiger partial charge in [0, 0.05) is 12.8 Å². The number of allylic oxidation sites excluding steroid dienone is 10. The van der Waals surface area contributed by atoms with E-state index in [0.717, 1.165) is 77.0 Å². The minimum absolute atomic E-state index is 0.182. The quantitative estimate of drug-likeness (QED) is 0.0274. The van der Waals surface area contributed by atoms with Gasteiger partial charge in [0.15, 0.2) is 6.10 Å². The fourth-order valence-electron chi connectivity index (χ4n) is 5.83. The molecule has 312 valence electrons. The van der Waals surface area contributed by atoms with Gasteiger partial charge in [-0.1, -0.05) is 164 Å². The number of phosphoric acid groups is 1. The summed E-state index contributed by atoms with van der Waals surface area (Å²) < 4.78 is 26.4. The number of phosphoric ester groups is 1. The van der Waals surface area contributed by atoms with Crippen LogP contribution in [-0.2, 0) is 28.2 Å². The summed E-state index contributed by atoms with van der Waals surface area (Å²) in [5.41, 5.74) is 0. The largest absolute Gasteiger partial charge is 0.469 e. The summed E-state index contributed by atoms with van der Waals surface area (Å²) in [5, 5.41) is 0. The second-order valence-corrected chi connectivity index (χ2v) is 15.5. The monoisotopic (exact) mass is 779 g/mol. The minimum atomic E-state index is -4.76. The number of unbranched alkanes of at least 4 members (excludes halogenated alkanes) is 19. The molecule has 0 heterocycles. The summed E-state index contributed by atoms with van der Waals surface area (Å²) in [4.78, 5) is 42.9. The van der Waals surface area contributed by atoms with Gasteiger partial charge in [-0.25, -0.2) is 4.57 Å². The SMILES string of the molecule is CC/C=C\C/C=C\C/C=C\C/C=C\CCCCCCC(=O)OC(COC(=O)CCCCCCCCCCC/C=C\CCCCCCCC)COP(=O)(O)O. The Hall–Kier alpha value is -2.25. The highest BCUT2D eigenvalue weighted by atomic mass is 31.2. The van der Waals surface area contributed by atoms with Crippen molar-refractivity contribution in [2.45, 2.75) is 200 Å². The molecule has 0 bridgehead atoms. The van der Waals surface area contributed by atoms with E-state index in [2.05, 4.69) is 79.1 Å². The number of carbonyl (C=O) groups excluding carboxylic acids is 2. The van der Waals surface area contributed by atoms with Crippen molar-refractivity contribution in [3.8, 4) is 0 Å². The van der Waals surface area contributed by atoms with Crippen LogP contribution in [0.2, 0.25) is 0 Å². The molecule has 0 rings (SSSR count). The third-order valence-electron chi connectivity index (χ3n) is 9.02. The van der Waals surface area contributed by atoms with Crippen molar-refractivity contribution in [3.63, 3.8) is 0 Å². The van der Waals surface area contributed by atoms with Gasteiger partial charge in [0.2, 0.25) is 0 Å². The van der Waals surface area contributed by atoms with Crippen LogP contribution >= 0.6 is 7.82 Å². The zero-order chi connectivity index (χ0) is 39.6. The van der Waals surface area contributed by atoms with E-state index in [0.29, 0.717) is 6.42 Å². The van der Waals surface area contributed by atoms with Crippen molar-refractivity contribution < 1.29 is 37.9 Å². The molecule has 0 saturated heterocycles. The summed E-state index contributed by atoms with van der Waals surface area (Å²) in [6.45, 7) is 3.55. The fourth-order valence-corrected chi connectivity index (χ4v) is 6.19. The van der Waals surface area contributed by atoms with E-state index in [1.165, 1.54) is 83.5 Å². The average molecular weight is 779 g/mol. The predicted molar refractivity (Wildman–Crippen MR) is 225 cm³/mol. The highest BCUT2D eigenvalue weighted by molar-refractivity contribution is 7.46. The molecule has 0 aromatic carbocycles. The number of hydrogen-bond donors (Lipinski definition) is 2. The Morgan fingerprint density at radius 2 is 0.889 bits per heavy atom. The third-order valence-corrected chi connectivity index (χ3v) is 9.51. The molecule has 0 radical (unpaired) electrons. The molecular weight excluding hydrogens is 699 g/mol. The number of rotatable bonds is 39. The van der Waals surface area contributed by atoms with Crippen LogP contribution in [0.5, 0.6) is 0 Å². The highest BCUT2D eigenvalue weighted by Crippen LogP contribution is 2.36. The van der Waals surface area contributed by atoms with Gasteiger partial charge in [0.1, 0.15) is 6.61 Å². The van der Waals surface area contributed by atoms with E-state index in [9.17, 15) is 14.2 Å². The first-order valence-electron chi connectivity index (χ1n) is 21.6. The summed E-state index contributed by atoms with van der Waals surface area (Å²) >= 11 is 0. The van der Waals surface area contributed by atoms with Crippen LogP contribution in [0, 0.1) is 0 Å². The Bertz CT molecular complexity index is 1060. The molecule has 0 spiro atoms. The third kappa shape index (κ3) is 42.5. The van der Waals surface area contributed by atoms with Crippen LogP contribution in [0.1, 0.15) is 194 Å². The van der Waals surface area contributed by atoms with Gasteiger partial charge in [0.05, 0.1) is 6.61 Å². The number of carbonyl (C=O) groups is 2. The van der Waals surface area contributed by atoms with Gasteiger partial charge in [-0.2, -0.15) is 0 Å². The van der Waals surface area contributed by atoms with Crippen LogP contribution in [0.4, 0.5) is 0 Å². The minimum Gasteiger partial charge on any atom is -0.462 e. The molecule has 2 N–H and O–H groups in total. The Labute approximate surface area is 330 Å². The van der Waals surface area contributed by atoms with Gasteiger partial charge in [-0.05, 0) is 77.0 Å². The number of hydrogen-bond acceptors (Lipinski definition) is 6. The second-order valence-electron chi connectivity index (χ2n) is 14.3. The van der Waals surface area contributed by atoms with Crippen LogP contribution in [0.15, 0.2) is 60.8 Å². The molecule has 0 amide bonds. The molecule has 0 aliphatic rings. The Balaban J connectivity index is 3.95. The fraction of sp³-hybridized carbons (Fsp3) is 0.733. The zero-order valence-electron chi connectivity index (χ0n) is 34.4. The lowest BCUT2D eigenvalue weighted by Gasteiger charge is -2.18. The number of ether oxygens (including phenoxy) is 2. The smallest absolute Gasteiger partial charge is 0.462 e. The molecule has 0 aromatic rings. The van der Waals surface area contributed by atoms with E-state index >= 15 is 0 Å². The Morgan fingerprint density at radius 3 is 1.35 bits per heavy atom. The molecule has 0 aliphatic heterocycles. The Kier molecular flexibility index (Phi) is 38.7. The van der Waals surface area contributed by atoms with Crippen molar-refractivity contribution in [2.24, 2.45) is 0 Å². The maximum Gasteiger partial charge on any atom is 0.469 e. The van der Waals surface area contributed by atoms with Crippen LogP contribution in [0.3, 0.4) is 0 Å². The van der Waals surface area contributed by atoms with Crippen LogP contribution in [0.25, 0.3) is 0 Å². The van der Waals surface area contributed by atoms with Crippen molar-refractivity contribution >= 4 is 19.8 Å². The van der Waals surface area contributed by atoms with Gasteiger partial charge in [-0.3, -0.25) is 14.1 Å². The molecule has 0 saturated carbocycles. The van der Waals surface area contributed by atoms with Gasteiger partial charge < -0.3 is 19.3 Å². The highest BCUT2D eigenvalue weighted by Gasteiger charge is 2.22. The molecule has 8 nitrogen and oxygen atoms in total. The molecule has 0 aromatic heterocycles. The first kappa shape index (κ1) is 51.8. The molecular formula is C45H79O8P. The standard InChI is InChI=1S/C45H79O8P/c1-3-5-7-9-11-13-15-17-19-21-22-24-25-27-29-31-33-35-37-39-44(46)51-41-43(42-52-54(48,49)50)53-45(47)40-38-36-34-32-30-28-26-23-20-18-16-14-12-10-8-6-4-2/h6,8,12,14,17-20,26,28,43H,3-5,7,9-11,13,15-16,21-25,27,29-42H2,1-2H3,(H2,48,49,50)/b8-6-,14-12-,19-17-,20-18-,28-26-. The summed E-state index contributed by atoms with van der Waals surface area (Å²) in [6.07, 6.45) is 50.8. The molecule has 54 heavy (non-hydrogen) atoms. The van der Waals surface area contributed by atoms with E-state index in [1.54, 1.807) is 0 Å². The summed E-state index contributed by atoms with van der Waals surface area (Å²) in [7, 11) is -4.76. The molecule has 0 fully saturated rings. The summed E-state index contributed by atoms with van der Waals surface area (Å²) in [5.74, 6) is -0.915. The van der Waals surface area contributed by atoms with Crippen molar-refractivity contribution in [1.29, 1.82) is 0 Å². The van der Waals surface area contributed by atoms with Crippen LogP contribution < -0.4 is 0 Å². The van der Waals surface area contributed by atoms with Gasteiger partial charge in [-0.15, -0.1) is 0 Å². The first-order chi connectivity index (χ1) is 26.3.